The van der Waals surface area contributed by atoms with E-state index in [2.05, 4.69) is 11.3 Å². The maximum atomic E-state index is 12.6. The van der Waals surface area contributed by atoms with E-state index in [4.69, 9.17) is 5.11 Å². The molecule has 0 spiro atoms. The largest absolute Gasteiger partial charge is 0.452 e. The number of carbonyl (C=O) groups is 1. The Hall–Kier alpha value is -0.970. The molecule has 0 saturated carbocycles. The van der Waals surface area contributed by atoms with Crippen molar-refractivity contribution < 1.29 is 23.4 Å². The van der Waals surface area contributed by atoms with Crippen LogP contribution in [0.25, 0.3) is 0 Å². The van der Waals surface area contributed by atoms with E-state index >= 15 is 0 Å². The molecule has 1 unspecified atom stereocenters. The molecular formula is C7H8F2O3. The fourth-order valence-electron chi connectivity index (χ4n) is 0.899. The molecule has 1 fully saturated rings. The van der Waals surface area contributed by atoms with Crippen molar-refractivity contribution >= 4 is 5.97 Å². The Balaban J connectivity index is 2.69. The number of cyclic esters (lactones) is 1. The predicted octanol–water partition coefficient (Wildman–Crippen LogP) is 0.486. The second-order valence-corrected chi connectivity index (χ2v) is 2.62. The lowest BCUT2D eigenvalue weighted by atomic mass is 10.1. The second-order valence-electron chi connectivity index (χ2n) is 2.62. The maximum absolute atomic E-state index is 12.6. The van der Waals surface area contributed by atoms with Crippen LogP contribution in [0, 0.1) is 0 Å². The third-order valence-corrected chi connectivity index (χ3v) is 1.65. The molecule has 0 radical (unpaired) electrons. The van der Waals surface area contributed by atoms with E-state index in [1.165, 1.54) is 0 Å². The summed E-state index contributed by atoms with van der Waals surface area (Å²) in [5.74, 6) is -4.18. The number of hydrogen-bond acceptors (Lipinski definition) is 3. The van der Waals surface area contributed by atoms with E-state index in [-0.39, 0.29) is 12.0 Å². The molecule has 0 aromatic carbocycles. The molecule has 1 saturated heterocycles. The lowest BCUT2D eigenvalue weighted by molar-refractivity contribution is -0.166. The molecule has 1 atom stereocenters. The van der Waals surface area contributed by atoms with Crippen LogP contribution < -0.4 is 0 Å². The van der Waals surface area contributed by atoms with E-state index in [1.54, 1.807) is 0 Å². The highest BCUT2D eigenvalue weighted by Gasteiger charge is 2.46. The summed E-state index contributed by atoms with van der Waals surface area (Å²) in [6, 6.07) is 0. The standard InChI is InChI=1S/C7H8F2O3/c1-4-2-5(12-6(4)11)7(8,9)3-10/h5,10H,1-3H2. The molecule has 0 aromatic heterocycles. The third-order valence-electron chi connectivity index (χ3n) is 1.65. The molecule has 1 aliphatic rings. The van der Waals surface area contributed by atoms with Gasteiger partial charge in [0.25, 0.3) is 0 Å². The average molecular weight is 178 g/mol. The van der Waals surface area contributed by atoms with Gasteiger partial charge in [-0.15, -0.1) is 0 Å². The molecule has 68 valence electrons. The summed E-state index contributed by atoms with van der Waals surface area (Å²) in [6.07, 6.45) is -1.77. The van der Waals surface area contributed by atoms with Gasteiger partial charge in [-0.05, 0) is 0 Å². The summed E-state index contributed by atoms with van der Waals surface area (Å²) in [7, 11) is 0. The molecule has 3 nitrogen and oxygen atoms in total. The van der Waals surface area contributed by atoms with Gasteiger partial charge < -0.3 is 9.84 Å². The van der Waals surface area contributed by atoms with Gasteiger partial charge in [0.05, 0.1) is 0 Å². The molecule has 0 bridgehead atoms. The molecule has 1 heterocycles. The number of ether oxygens (including phenoxy) is 1. The lowest BCUT2D eigenvalue weighted by Gasteiger charge is -2.18. The smallest absolute Gasteiger partial charge is 0.334 e. The molecule has 0 aliphatic carbocycles. The number of carbonyl (C=O) groups excluding carboxylic acids is 1. The van der Waals surface area contributed by atoms with Crippen LogP contribution in [0.1, 0.15) is 6.42 Å². The number of hydrogen-bond donors (Lipinski definition) is 1. The topological polar surface area (TPSA) is 46.5 Å². The van der Waals surface area contributed by atoms with Crippen molar-refractivity contribution in [2.24, 2.45) is 0 Å². The zero-order valence-corrected chi connectivity index (χ0v) is 6.22. The molecule has 12 heavy (non-hydrogen) atoms. The van der Waals surface area contributed by atoms with E-state index < -0.39 is 24.6 Å². The Morgan fingerprint density at radius 3 is 2.67 bits per heavy atom. The van der Waals surface area contributed by atoms with Crippen molar-refractivity contribution in [2.75, 3.05) is 6.61 Å². The van der Waals surface area contributed by atoms with Gasteiger partial charge in [0.15, 0.2) is 6.10 Å². The fraction of sp³-hybridized carbons (Fsp3) is 0.571. The van der Waals surface area contributed by atoms with Gasteiger partial charge in [-0.25, -0.2) is 4.79 Å². The summed E-state index contributed by atoms with van der Waals surface area (Å²) in [5.41, 5.74) is 0.0214. The van der Waals surface area contributed by atoms with Crippen LogP contribution in [-0.2, 0) is 9.53 Å². The summed E-state index contributed by atoms with van der Waals surface area (Å²) < 4.78 is 29.6. The van der Waals surface area contributed by atoms with Crippen LogP contribution in [0.15, 0.2) is 12.2 Å². The third kappa shape index (κ3) is 1.45. The highest BCUT2D eigenvalue weighted by Crippen LogP contribution is 2.31. The first-order valence-corrected chi connectivity index (χ1v) is 3.35. The summed E-state index contributed by atoms with van der Waals surface area (Å²) >= 11 is 0. The molecule has 5 heteroatoms. The maximum Gasteiger partial charge on any atom is 0.334 e. The van der Waals surface area contributed by atoms with Crippen molar-refractivity contribution in [3.8, 4) is 0 Å². The Bertz CT molecular complexity index is 209. The Morgan fingerprint density at radius 1 is 1.75 bits per heavy atom. The van der Waals surface area contributed by atoms with Crippen molar-refractivity contribution in [3.63, 3.8) is 0 Å². The molecule has 0 aromatic rings. The SMILES string of the molecule is C=C1CC(C(F)(F)CO)OC1=O. The Labute approximate surface area is 67.6 Å². The Morgan fingerprint density at radius 2 is 2.33 bits per heavy atom. The zero-order chi connectivity index (χ0) is 9.35. The highest BCUT2D eigenvalue weighted by atomic mass is 19.3. The Kier molecular flexibility index (Phi) is 2.14. The average Bonchev–Trinajstić information content (AvgIpc) is 2.33. The molecule has 0 amide bonds. The second kappa shape index (κ2) is 2.82. The van der Waals surface area contributed by atoms with Crippen molar-refractivity contribution in [3.05, 3.63) is 12.2 Å². The van der Waals surface area contributed by atoms with Crippen molar-refractivity contribution in [1.82, 2.24) is 0 Å². The summed E-state index contributed by atoms with van der Waals surface area (Å²) in [6.45, 7) is 1.92. The van der Waals surface area contributed by atoms with Crippen molar-refractivity contribution in [1.29, 1.82) is 0 Å². The van der Waals surface area contributed by atoms with Crippen LogP contribution >= 0.6 is 0 Å². The predicted molar refractivity (Wildman–Crippen MR) is 35.7 cm³/mol. The molecule has 1 rings (SSSR count). The van der Waals surface area contributed by atoms with Crippen LogP contribution in [0.4, 0.5) is 8.78 Å². The minimum atomic E-state index is -3.37. The van der Waals surface area contributed by atoms with E-state index in [0.717, 1.165) is 0 Å². The van der Waals surface area contributed by atoms with Crippen molar-refractivity contribution in [2.45, 2.75) is 18.4 Å². The highest BCUT2D eigenvalue weighted by molar-refractivity contribution is 5.90. The molecule has 1 aliphatic heterocycles. The number of esters is 1. The summed E-state index contributed by atoms with van der Waals surface area (Å²) in [5, 5.41) is 8.26. The van der Waals surface area contributed by atoms with Gasteiger partial charge in [-0.3, -0.25) is 0 Å². The van der Waals surface area contributed by atoms with Crippen LogP contribution in [0.2, 0.25) is 0 Å². The summed E-state index contributed by atoms with van der Waals surface area (Å²) in [4.78, 5) is 10.6. The number of aliphatic hydroxyl groups excluding tert-OH is 1. The monoisotopic (exact) mass is 178 g/mol. The lowest BCUT2D eigenvalue weighted by Crippen LogP contribution is -2.36. The fourth-order valence-corrected chi connectivity index (χ4v) is 0.899. The van der Waals surface area contributed by atoms with Gasteiger partial charge in [-0.2, -0.15) is 8.78 Å². The number of aliphatic hydroxyl groups is 1. The first-order valence-electron chi connectivity index (χ1n) is 3.35. The van der Waals surface area contributed by atoms with Gasteiger partial charge >= 0.3 is 11.9 Å². The number of alkyl halides is 2. The van der Waals surface area contributed by atoms with E-state index in [1.807, 2.05) is 0 Å². The minimum absolute atomic E-state index is 0.0214. The minimum Gasteiger partial charge on any atom is -0.452 e. The quantitative estimate of drug-likeness (QED) is 0.494. The van der Waals surface area contributed by atoms with Gasteiger partial charge in [0.1, 0.15) is 6.61 Å². The molecular weight excluding hydrogens is 170 g/mol. The zero-order valence-electron chi connectivity index (χ0n) is 6.22. The van der Waals surface area contributed by atoms with E-state index in [0.29, 0.717) is 0 Å². The number of rotatable bonds is 2. The normalized spacial score (nSPS) is 24.4. The van der Waals surface area contributed by atoms with E-state index in [9.17, 15) is 13.6 Å². The van der Waals surface area contributed by atoms with Gasteiger partial charge in [0, 0.05) is 12.0 Å². The molecule has 1 N–H and O–H groups in total. The van der Waals surface area contributed by atoms with Gasteiger partial charge in [0.2, 0.25) is 0 Å². The first-order chi connectivity index (χ1) is 5.47. The van der Waals surface area contributed by atoms with Crippen LogP contribution in [-0.4, -0.2) is 29.7 Å². The first kappa shape index (κ1) is 9.12. The number of halogens is 2. The van der Waals surface area contributed by atoms with Crippen LogP contribution in [0.5, 0.6) is 0 Å². The van der Waals surface area contributed by atoms with Crippen LogP contribution in [0.3, 0.4) is 0 Å². The van der Waals surface area contributed by atoms with Gasteiger partial charge in [-0.1, -0.05) is 6.58 Å².